The van der Waals surface area contributed by atoms with Crippen LogP contribution in [0.25, 0.3) is 0 Å². The summed E-state index contributed by atoms with van der Waals surface area (Å²) in [7, 11) is 1.17. The van der Waals surface area contributed by atoms with Crippen molar-refractivity contribution in [2.45, 2.75) is 6.43 Å². The Morgan fingerprint density at radius 3 is 2.73 bits per heavy atom. The van der Waals surface area contributed by atoms with Crippen LogP contribution < -0.4 is 0 Å². The minimum absolute atomic E-state index is 0.100. The monoisotopic (exact) mass is 391 g/mol. The summed E-state index contributed by atoms with van der Waals surface area (Å²) in [4.78, 5) is 14.7. The van der Waals surface area contributed by atoms with Gasteiger partial charge in [-0.05, 0) is 44.6 Å². The van der Waals surface area contributed by atoms with Gasteiger partial charge in [0.25, 0.3) is 6.43 Å². The number of pyridine rings is 1. The molecule has 1 rings (SSSR count). The molecule has 0 saturated carbocycles. The van der Waals surface area contributed by atoms with Gasteiger partial charge in [-0.2, -0.15) is 0 Å². The topological polar surface area (TPSA) is 39.2 Å². The molecule has 15 heavy (non-hydrogen) atoms. The number of hydrogen-bond acceptors (Lipinski definition) is 3. The minimum Gasteiger partial charge on any atom is -0.464 e. The first kappa shape index (κ1) is 12.8. The molecule has 1 heterocycles. The standard InChI is InChI=1S/C8H5BrF2INO2/c1-15-8(14)6-4(12)2-3(9)5(13-6)7(10)11/h2,7H,1H3. The molecule has 0 aliphatic carbocycles. The van der Waals surface area contributed by atoms with E-state index in [0.717, 1.165) is 0 Å². The normalized spacial score (nSPS) is 10.5. The zero-order valence-electron chi connectivity index (χ0n) is 7.43. The summed E-state index contributed by atoms with van der Waals surface area (Å²) in [5, 5.41) is 0. The maximum Gasteiger partial charge on any atom is 0.357 e. The fraction of sp³-hybridized carbons (Fsp3) is 0.250. The van der Waals surface area contributed by atoms with Crippen LogP contribution in [0.5, 0.6) is 0 Å². The Kier molecular flexibility index (Phi) is 4.38. The number of rotatable bonds is 2. The van der Waals surface area contributed by atoms with Crippen LogP contribution in [0.15, 0.2) is 10.5 Å². The summed E-state index contributed by atoms with van der Waals surface area (Å²) in [6, 6.07) is 1.40. The van der Waals surface area contributed by atoms with Crippen molar-refractivity contribution in [3.63, 3.8) is 0 Å². The van der Waals surface area contributed by atoms with Gasteiger partial charge < -0.3 is 4.74 Å². The van der Waals surface area contributed by atoms with E-state index in [-0.39, 0.29) is 10.2 Å². The summed E-state index contributed by atoms with van der Waals surface area (Å²) < 4.78 is 30.0. The third kappa shape index (κ3) is 2.83. The van der Waals surface area contributed by atoms with Gasteiger partial charge in [-0.1, -0.05) is 0 Å². The highest BCUT2D eigenvalue weighted by Crippen LogP contribution is 2.28. The molecule has 0 radical (unpaired) electrons. The lowest BCUT2D eigenvalue weighted by Crippen LogP contribution is -2.09. The number of carbonyl (C=O) groups excluding carboxylic acids is 1. The first-order valence-corrected chi connectivity index (χ1v) is 5.57. The molecule has 0 unspecified atom stereocenters. The smallest absolute Gasteiger partial charge is 0.357 e. The van der Waals surface area contributed by atoms with Gasteiger partial charge in [-0.3, -0.25) is 0 Å². The van der Waals surface area contributed by atoms with Gasteiger partial charge in [0.2, 0.25) is 0 Å². The van der Waals surface area contributed by atoms with E-state index in [1.54, 1.807) is 0 Å². The van der Waals surface area contributed by atoms with E-state index < -0.39 is 18.1 Å². The molecule has 0 spiro atoms. The maximum absolute atomic E-state index is 12.5. The average molecular weight is 392 g/mol. The van der Waals surface area contributed by atoms with Crippen LogP contribution in [0.2, 0.25) is 0 Å². The SMILES string of the molecule is COC(=O)c1nc(C(F)F)c(Br)cc1I. The molecule has 0 atom stereocenters. The Morgan fingerprint density at radius 2 is 2.27 bits per heavy atom. The van der Waals surface area contributed by atoms with Gasteiger partial charge in [0.05, 0.1) is 7.11 Å². The largest absolute Gasteiger partial charge is 0.464 e. The fourth-order valence-electron chi connectivity index (χ4n) is 0.874. The molecule has 1 aromatic heterocycles. The van der Waals surface area contributed by atoms with E-state index in [0.29, 0.717) is 3.57 Å². The van der Waals surface area contributed by atoms with Crippen molar-refractivity contribution in [3.8, 4) is 0 Å². The third-order valence-corrected chi connectivity index (χ3v) is 3.00. The summed E-state index contributed by atoms with van der Waals surface area (Å²) in [5.41, 5.74) is -0.563. The molecule has 0 amide bonds. The van der Waals surface area contributed by atoms with Gasteiger partial charge in [-0.25, -0.2) is 18.6 Å². The molecule has 3 nitrogen and oxygen atoms in total. The average Bonchev–Trinajstić information content (AvgIpc) is 2.16. The Labute approximate surface area is 106 Å². The summed E-state index contributed by atoms with van der Waals surface area (Å²) >= 11 is 4.78. The quantitative estimate of drug-likeness (QED) is 0.574. The molecule has 0 saturated heterocycles. The number of esters is 1. The van der Waals surface area contributed by atoms with Gasteiger partial charge in [-0.15, -0.1) is 0 Å². The van der Waals surface area contributed by atoms with Gasteiger partial charge in [0.15, 0.2) is 5.69 Å². The number of nitrogens with zero attached hydrogens (tertiary/aromatic N) is 1. The van der Waals surface area contributed by atoms with E-state index in [4.69, 9.17) is 0 Å². The summed E-state index contributed by atoms with van der Waals surface area (Å²) in [5.74, 6) is -0.728. The van der Waals surface area contributed by atoms with E-state index in [1.165, 1.54) is 13.2 Å². The molecule has 1 aromatic rings. The molecule has 82 valence electrons. The van der Waals surface area contributed by atoms with E-state index in [1.807, 2.05) is 22.6 Å². The van der Waals surface area contributed by atoms with Crippen LogP contribution in [0.4, 0.5) is 8.78 Å². The molecule has 0 bridgehead atoms. The summed E-state index contributed by atoms with van der Waals surface area (Å²) in [6.45, 7) is 0. The maximum atomic E-state index is 12.5. The highest BCUT2D eigenvalue weighted by atomic mass is 127. The van der Waals surface area contributed by atoms with Crippen molar-refractivity contribution in [2.24, 2.45) is 0 Å². The fourth-order valence-corrected chi connectivity index (χ4v) is 2.44. The van der Waals surface area contributed by atoms with Crippen LogP contribution in [-0.4, -0.2) is 18.1 Å². The number of hydrogen-bond donors (Lipinski definition) is 0. The van der Waals surface area contributed by atoms with Crippen molar-refractivity contribution < 1.29 is 18.3 Å². The Morgan fingerprint density at radius 1 is 1.67 bits per heavy atom. The Hall–Kier alpha value is -0.310. The van der Waals surface area contributed by atoms with Gasteiger partial charge in [0, 0.05) is 8.04 Å². The van der Waals surface area contributed by atoms with E-state index in [9.17, 15) is 13.6 Å². The molecular formula is C8H5BrF2INO2. The minimum atomic E-state index is -2.74. The predicted molar refractivity (Wildman–Crippen MR) is 61.0 cm³/mol. The van der Waals surface area contributed by atoms with Gasteiger partial charge in [0.1, 0.15) is 5.69 Å². The number of ether oxygens (including phenoxy) is 1. The molecule has 0 N–H and O–H groups in total. The lowest BCUT2D eigenvalue weighted by molar-refractivity contribution is 0.0591. The highest BCUT2D eigenvalue weighted by molar-refractivity contribution is 14.1. The molecular weight excluding hydrogens is 387 g/mol. The first-order valence-electron chi connectivity index (χ1n) is 3.69. The number of aromatic nitrogens is 1. The zero-order chi connectivity index (χ0) is 11.6. The molecule has 0 aliphatic rings. The van der Waals surface area contributed by atoms with Crippen LogP contribution in [0.3, 0.4) is 0 Å². The Balaban J connectivity index is 3.29. The number of alkyl halides is 2. The third-order valence-electron chi connectivity index (χ3n) is 1.54. The van der Waals surface area contributed by atoms with Gasteiger partial charge >= 0.3 is 5.97 Å². The molecule has 7 heteroatoms. The zero-order valence-corrected chi connectivity index (χ0v) is 11.2. The number of methoxy groups -OCH3 is 1. The lowest BCUT2D eigenvalue weighted by Gasteiger charge is -2.06. The van der Waals surface area contributed by atoms with Crippen LogP contribution >= 0.6 is 38.5 Å². The number of carbonyl (C=O) groups is 1. The van der Waals surface area contributed by atoms with Crippen LogP contribution in [-0.2, 0) is 4.74 Å². The van der Waals surface area contributed by atoms with Crippen molar-refractivity contribution in [3.05, 3.63) is 25.5 Å². The van der Waals surface area contributed by atoms with Crippen molar-refractivity contribution in [2.75, 3.05) is 7.11 Å². The molecule has 0 fully saturated rings. The van der Waals surface area contributed by atoms with Crippen LogP contribution in [0, 0.1) is 3.57 Å². The van der Waals surface area contributed by atoms with Crippen molar-refractivity contribution in [1.29, 1.82) is 0 Å². The van der Waals surface area contributed by atoms with Crippen LogP contribution in [0.1, 0.15) is 22.6 Å². The Bertz CT molecular complexity index is 400. The first-order chi connectivity index (χ1) is 6.97. The van der Waals surface area contributed by atoms with Crippen molar-refractivity contribution >= 4 is 44.5 Å². The number of halogens is 4. The predicted octanol–water partition coefficient (Wildman–Crippen LogP) is 3.17. The highest BCUT2D eigenvalue weighted by Gasteiger charge is 2.20. The van der Waals surface area contributed by atoms with E-state index in [2.05, 4.69) is 25.7 Å². The molecule has 0 aromatic carbocycles. The lowest BCUT2D eigenvalue weighted by atomic mass is 10.3. The second-order valence-corrected chi connectivity index (χ2v) is 4.49. The van der Waals surface area contributed by atoms with E-state index >= 15 is 0 Å². The van der Waals surface area contributed by atoms with Crippen molar-refractivity contribution in [1.82, 2.24) is 4.98 Å². The summed E-state index contributed by atoms with van der Waals surface area (Å²) in [6.07, 6.45) is -2.74. The molecule has 0 aliphatic heterocycles. The second-order valence-electron chi connectivity index (χ2n) is 2.48. The second kappa shape index (κ2) is 5.15.